The van der Waals surface area contributed by atoms with Crippen molar-refractivity contribution in [3.63, 3.8) is 0 Å². The average molecular weight is 868 g/mol. The third-order valence-corrected chi connectivity index (χ3v) is 9.81. The molecule has 11 nitrogen and oxygen atoms in total. The number of fused-ring (bicyclic) bond motifs is 1. The van der Waals surface area contributed by atoms with Crippen molar-refractivity contribution >= 4 is 75.1 Å². The summed E-state index contributed by atoms with van der Waals surface area (Å²) in [7, 11) is 2.80. The van der Waals surface area contributed by atoms with Gasteiger partial charge in [-0.1, -0.05) is 46.7 Å². The molecule has 1 aliphatic heterocycles. The van der Waals surface area contributed by atoms with Gasteiger partial charge >= 0.3 is 11.9 Å². The smallest absolute Gasteiger partial charge is 0.343 e. The summed E-state index contributed by atoms with van der Waals surface area (Å²) in [5.74, 6) is 0.288. The molecule has 5 rings (SSSR count). The van der Waals surface area contributed by atoms with E-state index >= 15 is 0 Å². The van der Waals surface area contributed by atoms with Crippen molar-refractivity contribution in [2.24, 2.45) is 4.99 Å². The van der Waals surface area contributed by atoms with E-state index in [1.807, 2.05) is 12.1 Å². The van der Waals surface area contributed by atoms with Gasteiger partial charge < -0.3 is 28.4 Å². The SMILES string of the molecule is CCOC(=O)C1=C(C)N=c2s/c(=C/c3cc(I)cc(OC)c3OCc3ccc(Cl)cc3Cl)c(=O)n2[C@H]1c1ccc(OCC(=O)OC)c(OCC)c1. The topological polar surface area (TPSA) is 124 Å². The standard InChI is InChI=1S/C36H33Cl2IN2O9S/c1-6-47-27-13-20(9-11-26(27)49-18-30(42)46-5)32-31(35(44)48-7-2)19(3)40-36-41(32)34(43)29(51-36)14-22-12-24(39)16-28(45-4)33(22)50-17-21-8-10-23(37)15-25(21)38/h8-16,32H,6-7,17-18H2,1-5H3/b29-14+/t32-/m0/s1. The zero-order valence-electron chi connectivity index (χ0n) is 28.2. The third kappa shape index (κ3) is 8.54. The summed E-state index contributed by atoms with van der Waals surface area (Å²) in [6.45, 7) is 5.39. The van der Waals surface area contributed by atoms with Crippen LogP contribution in [-0.4, -0.2) is 50.5 Å². The van der Waals surface area contributed by atoms with Crippen molar-refractivity contribution in [2.75, 3.05) is 34.0 Å². The number of thiazole rings is 1. The number of hydrogen-bond donors (Lipinski definition) is 0. The van der Waals surface area contributed by atoms with E-state index in [9.17, 15) is 14.4 Å². The van der Waals surface area contributed by atoms with Gasteiger partial charge in [-0.05, 0) is 91.4 Å². The van der Waals surface area contributed by atoms with E-state index in [4.69, 9.17) is 51.6 Å². The molecule has 1 aliphatic rings. The zero-order valence-corrected chi connectivity index (χ0v) is 32.7. The molecule has 0 saturated carbocycles. The molecule has 1 aromatic heterocycles. The highest BCUT2D eigenvalue weighted by molar-refractivity contribution is 14.1. The first-order valence-electron chi connectivity index (χ1n) is 15.6. The molecular weight excluding hydrogens is 834 g/mol. The fourth-order valence-corrected chi connectivity index (χ4v) is 7.44. The number of halogens is 3. The van der Waals surface area contributed by atoms with Gasteiger partial charge in [0, 0.05) is 24.7 Å². The highest BCUT2D eigenvalue weighted by atomic mass is 127. The van der Waals surface area contributed by atoms with Gasteiger partial charge in [0.15, 0.2) is 34.4 Å². The van der Waals surface area contributed by atoms with E-state index in [2.05, 4.69) is 27.6 Å². The Labute approximate surface area is 321 Å². The van der Waals surface area contributed by atoms with Gasteiger partial charge in [0.2, 0.25) is 0 Å². The van der Waals surface area contributed by atoms with E-state index in [1.165, 1.54) is 18.8 Å². The van der Waals surface area contributed by atoms with Gasteiger partial charge in [-0.15, -0.1) is 0 Å². The van der Waals surface area contributed by atoms with Gasteiger partial charge in [0.1, 0.15) is 6.61 Å². The molecule has 0 amide bonds. The van der Waals surface area contributed by atoms with E-state index in [1.54, 1.807) is 63.2 Å². The van der Waals surface area contributed by atoms with Crippen LogP contribution < -0.4 is 33.8 Å². The second kappa shape index (κ2) is 17.0. The molecular formula is C36H33Cl2IN2O9S. The fourth-order valence-electron chi connectivity index (χ4n) is 5.32. The molecule has 0 unspecified atom stereocenters. The van der Waals surface area contributed by atoms with Gasteiger partial charge in [-0.2, -0.15) is 0 Å². The molecule has 268 valence electrons. The minimum Gasteiger partial charge on any atom is -0.493 e. The highest BCUT2D eigenvalue weighted by Crippen LogP contribution is 2.38. The molecule has 3 aromatic carbocycles. The number of hydrogen-bond acceptors (Lipinski definition) is 11. The first-order chi connectivity index (χ1) is 24.5. The number of ether oxygens (including phenoxy) is 6. The molecule has 15 heteroatoms. The van der Waals surface area contributed by atoms with Crippen LogP contribution in [0.4, 0.5) is 0 Å². The second-order valence-electron chi connectivity index (χ2n) is 10.9. The Morgan fingerprint density at radius 1 is 0.980 bits per heavy atom. The van der Waals surface area contributed by atoms with Crippen LogP contribution in [0.1, 0.15) is 43.5 Å². The largest absolute Gasteiger partial charge is 0.493 e. The van der Waals surface area contributed by atoms with Gasteiger partial charge in [-0.25, -0.2) is 14.6 Å². The maximum atomic E-state index is 14.4. The zero-order chi connectivity index (χ0) is 36.8. The van der Waals surface area contributed by atoms with Crippen LogP contribution in [0, 0.1) is 3.57 Å². The number of aromatic nitrogens is 1. The van der Waals surface area contributed by atoms with Crippen LogP contribution in [0.2, 0.25) is 10.0 Å². The summed E-state index contributed by atoms with van der Waals surface area (Å²) in [4.78, 5) is 44.7. The molecule has 0 radical (unpaired) electrons. The van der Waals surface area contributed by atoms with Crippen molar-refractivity contribution in [2.45, 2.75) is 33.4 Å². The molecule has 2 heterocycles. The lowest BCUT2D eigenvalue weighted by Crippen LogP contribution is -2.40. The second-order valence-corrected chi connectivity index (χ2v) is 14.0. The van der Waals surface area contributed by atoms with Crippen molar-refractivity contribution < 1.29 is 38.0 Å². The Morgan fingerprint density at radius 2 is 1.76 bits per heavy atom. The Balaban J connectivity index is 1.66. The number of esters is 2. The minimum atomic E-state index is -0.926. The average Bonchev–Trinajstić information content (AvgIpc) is 3.40. The molecule has 0 aliphatic carbocycles. The number of rotatable bonds is 13. The summed E-state index contributed by atoms with van der Waals surface area (Å²) in [5.41, 5.74) is 2.02. The number of nitrogens with zero attached hydrogens (tertiary/aromatic N) is 2. The Kier molecular flexibility index (Phi) is 12.7. The number of benzene rings is 3. The van der Waals surface area contributed by atoms with Crippen LogP contribution in [-0.2, 0) is 25.7 Å². The van der Waals surface area contributed by atoms with E-state index in [-0.39, 0.29) is 37.8 Å². The molecule has 0 fully saturated rings. The maximum absolute atomic E-state index is 14.4. The summed E-state index contributed by atoms with van der Waals surface area (Å²) in [6.07, 6.45) is 1.71. The minimum absolute atomic E-state index is 0.110. The van der Waals surface area contributed by atoms with Gasteiger partial charge in [0.25, 0.3) is 5.56 Å². The lowest BCUT2D eigenvalue weighted by atomic mass is 9.95. The van der Waals surface area contributed by atoms with Crippen LogP contribution in [0.5, 0.6) is 23.0 Å². The molecule has 0 spiro atoms. The van der Waals surface area contributed by atoms with Crippen molar-refractivity contribution in [3.8, 4) is 23.0 Å². The van der Waals surface area contributed by atoms with Crippen molar-refractivity contribution in [3.05, 3.63) is 110 Å². The number of allylic oxidation sites excluding steroid dienone is 1. The summed E-state index contributed by atoms with van der Waals surface area (Å²) < 4.78 is 36.2. The Hall–Kier alpha value is -4.05. The molecule has 51 heavy (non-hydrogen) atoms. The number of methoxy groups -OCH3 is 2. The van der Waals surface area contributed by atoms with Crippen molar-refractivity contribution in [1.29, 1.82) is 0 Å². The van der Waals surface area contributed by atoms with Gasteiger partial charge in [-0.3, -0.25) is 9.36 Å². The summed E-state index contributed by atoms with van der Waals surface area (Å²) >= 11 is 15.8. The normalized spacial score (nSPS) is 14.0. The van der Waals surface area contributed by atoms with Crippen LogP contribution in [0.25, 0.3) is 6.08 Å². The molecule has 0 N–H and O–H groups in total. The lowest BCUT2D eigenvalue weighted by molar-refractivity contribution is -0.143. The van der Waals surface area contributed by atoms with E-state index in [0.29, 0.717) is 59.0 Å². The first kappa shape index (κ1) is 38.2. The van der Waals surface area contributed by atoms with Crippen molar-refractivity contribution in [1.82, 2.24) is 4.57 Å². The predicted octanol–water partition coefficient (Wildman–Crippen LogP) is 6.25. The summed E-state index contributed by atoms with van der Waals surface area (Å²) in [5, 5.41) is 0.952. The number of carbonyl (C=O) groups is 2. The summed E-state index contributed by atoms with van der Waals surface area (Å²) in [6, 6.07) is 12.9. The monoisotopic (exact) mass is 866 g/mol. The van der Waals surface area contributed by atoms with Gasteiger partial charge in [0.05, 0.1) is 49.3 Å². The predicted molar refractivity (Wildman–Crippen MR) is 202 cm³/mol. The van der Waals surface area contributed by atoms with Crippen LogP contribution in [0.15, 0.2) is 69.6 Å². The Bertz CT molecular complexity index is 2200. The fraction of sp³-hybridized carbons (Fsp3) is 0.278. The van der Waals surface area contributed by atoms with E-state index < -0.39 is 23.5 Å². The Morgan fingerprint density at radius 3 is 2.45 bits per heavy atom. The first-order valence-corrected chi connectivity index (χ1v) is 18.2. The quantitative estimate of drug-likeness (QED) is 0.113. The van der Waals surface area contributed by atoms with Crippen LogP contribution in [0.3, 0.4) is 0 Å². The van der Waals surface area contributed by atoms with E-state index in [0.717, 1.165) is 14.9 Å². The highest BCUT2D eigenvalue weighted by Gasteiger charge is 2.34. The lowest BCUT2D eigenvalue weighted by Gasteiger charge is -2.25. The molecule has 1 atom stereocenters. The maximum Gasteiger partial charge on any atom is 0.343 e. The molecule has 0 bridgehead atoms. The van der Waals surface area contributed by atoms with Crippen LogP contribution >= 0.6 is 57.1 Å². The molecule has 4 aromatic rings. The third-order valence-electron chi connectivity index (χ3n) is 7.62. The molecule has 0 saturated heterocycles. The number of carbonyl (C=O) groups excluding carboxylic acids is 2.